The molecule has 0 unspecified atom stereocenters. The highest BCUT2D eigenvalue weighted by atomic mass is 16.2. The second kappa shape index (κ2) is 5.46. The number of carbonyl (C=O) groups is 1. The summed E-state index contributed by atoms with van der Waals surface area (Å²) in [7, 11) is 0. The molecule has 0 N–H and O–H groups in total. The number of rotatable bonds is 0. The summed E-state index contributed by atoms with van der Waals surface area (Å²) in [5.74, 6) is 5.95. The Bertz CT molecular complexity index is 1340. The first-order chi connectivity index (χ1) is 14.3. The van der Waals surface area contributed by atoms with Crippen molar-refractivity contribution in [1.82, 2.24) is 14.5 Å². The second-order valence-electron chi connectivity index (χ2n) is 6.74. The summed E-state index contributed by atoms with van der Waals surface area (Å²) in [6.07, 6.45) is 0.397. The van der Waals surface area contributed by atoms with Crippen molar-refractivity contribution >= 4 is 16.9 Å². The Kier molecular flexibility index (Phi) is 2.57. The van der Waals surface area contributed by atoms with Gasteiger partial charge in [-0.1, -0.05) is 12.0 Å². The number of hydrogen-bond donors (Lipinski definition) is 0. The molecule has 2 aliphatic heterocycles. The zero-order chi connectivity index (χ0) is 21.2. The van der Waals surface area contributed by atoms with Crippen LogP contribution in [-0.4, -0.2) is 27.3 Å². The van der Waals surface area contributed by atoms with Crippen molar-refractivity contribution in [3.05, 3.63) is 64.5 Å². The fraction of sp³-hybridized carbons (Fsp3) is 0.227. The monoisotopic (exact) mass is 355 g/mol. The minimum atomic E-state index is -2.62. The fourth-order valence-electron chi connectivity index (χ4n) is 4.26. The van der Waals surface area contributed by atoms with E-state index in [-0.39, 0.29) is 6.04 Å². The van der Waals surface area contributed by atoms with E-state index in [4.69, 9.17) is 4.11 Å². The highest BCUT2D eigenvalue weighted by Crippen LogP contribution is 2.48. The average Bonchev–Trinajstić information content (AvgIpc) is 3.20. The molecule has 130 valence electrons. The molecule has 0 aliphatic carbocycles. The van der Waals surface area contributed by atoms with E-state index in [0.717, 1.165) is 10.4 Å². The molecule has 27 heavy (non-hydrogen) atoms. The van der Waals surface area contributed by atoms with Crippen molar-refractivity contribution in [2.45, 2.75) is 25.4 Å². The van der Waals surface area contributed by atoms with Gasteiger partial charge in [0.15, 0.2) is 0 Å². The van der Waals surface area contributed by atoms with E-state index in [1.807, 2.05) is 10.6 Å². The van der Waals surface area contributed by atoms with Gasteiger partial charge in [0.2, 0.25) is 0 Å². The van der Waals surface area contributed by atoms with Crippen LogP contribution in [0.4, 0.5) is 0 Å². The molecule has 3 aromatic rings. The normalized spacial score (nSPS) is 21.9. The Morgan fingerprint density at radius 2 is 2.19 bits per heavy atom. The van der Waals surface area contributed by atoms with E-state index in [9.17, 15) is 10.1 Å². The maximum absolute atomic E-state index is 13.4. The number of hydrogen-bond acceptors (Lipinski definition) is 3. The van der Waals surface area contributed by atoms with E-state index >= 15 is 0 Å². The largest absolute Gasteiger partial charge is 0.331 e. The lowest BCUT2D eigenvalue weighted by molar-refractivity contribution is 0.0734. The van der Waals surface area contributed by atoms with Crippen LogP contribution in [0, 0.1) is 23.2 Å². The van der Waals surface area contributed by atoms with Crippen LogP contribution in [0.25, 0.3) is 11.0 Å². The number of nitriles is 1. The van der Waals surface area contributed by atoms with Crippen molar-refractivity contribution < 1.29 is 8.91 Å². The van der Waals surface area contributed by atoms with E-state index in [1.165, 1.54) is 0 Å². The van der Waals surface area contributed by atoms with Crippen molar-refractivity contribution in [1.29, 1.82) is 5.26 Å². The Balaban J connectivity index is 1.89. The van der Waals surface area contributed by atoms with Gasteiger partial charge < -0.3 is 9.47 Å². The molecular weight excluding hydrogens is 336 g/mol. The van der Waals surface area contributed by atoms with Crippen LogP contribution in [0.5, 0.6) is 0 Å². The molecule has 5 heteroatoms. The highest BCUT2D eigenvalue weighted by molar-refractivity contribution is 5.97. The van der Waals surface area contributed by atoms with Crippen LogP contribution in [-0.2, 0) is 0 Å². The van der Waals surface area contributed by atoms with E-state index < -0.39 is 18.9 Å². The van der Waals surface area contributed by atoms with Gasteiger partial charge in [-0.3, -0.25) is 4.79 Å². The zero-order valence-electron chi connectivity index (χ0n) is 17.5. The van der Waals surface area contributed by atoms with Gasteiger partial charge in [-0.05, 0) is 37.3 Å². The number of imidazole rings is 1. The van der Waals surface area contributed by atoms with Gasteiger partial charge in [0, 0.05) is 34.2 Å². The Morgan fingerprint density at radius 1 is 1.30 bits per heavy atom. The topological polar surface area (TPSA) is 61.9 Å². The number of carbonyl (C=O) groups excluding carboxylic acids is 1. The van der Waals surface area contributed by atoms with E-state index in [0.29, 0.717) is 40.0 Å². The fourth-order valence-corrected chi connectivity index (χ4v) is 4.26. The molecule has 5 nitrogen and oxygen atoms in total. The molecule has 0 saturated carbocycles. The Labute approximate surface area is 161 Å². The third-order valence-electron chi connectivity index (χ3n) is 5.36. The molecule has 5 rings (SSSR count). The molecule has 3 heterocycles. The lowest BCUT2D eigenvalue weighted by Crippen LogP contribution is -2.30. The highest BCUT2D eigenvalue weighted by Gasteiger charge is 2.44. The summed E-state index contributed by atoms with van der Waals surface area (Å²) < 4.78 is 26.1. The molecule has 2 aliphatic rings. The summed E-state index contributed by atoms with van der Waals surface area (Å²) >= 11 is 0. The van der Waals surface area contributed by atoms with Crippen LogP contribution in [0.2, 0.25) is 0 Å². The third kappa shape index (κ3) is 2.00. The summed E-state index contributed by atoms with van der Waals surface area (Å²) in [5.41, 5.74) is 3.68. The maximum atomic E-state index is 13.4. The summed E-state index contributed by atoms with van der Waals surface area (Å²) in [6.45, 7) is -0.896. The van der Waals surface area contributed by atoms with E-state index in [1.54, 1.807) is 37.3 Å². The molecule has 1 aromatic heterocycles. The predicted molar refractivity (Wildman–Crippen MR) is 101 cm³/mol. The summed E-state index contributed by atoms with van der Waals surface area (Å²) in [6, 6.07) is 11.6. The van der Waals surface area contributed by atoms with Crippen molar-refractivity contribution in [2.75, 3.05) is 6.98 Å². The second-order valence-corrected chi connectivity index (χ2v) is 6.74. The maximum Gasteiger partial charge on any atom is 0.254 e. The van der Waals surface area contributed by atoms with Crippen LogP contribution in [0.1, 0.15) is 62.4 Å². The zero-order valence-corrected chi connectivity index (χ0v) is 14.5. The minimum Gasteiger partial charge on any atom is -0.331 e. The first-order valence-electron chi connectivity index (χ1n) is 10.2. The average molecular weight is 355 g/mol. The van der Waals surface area contributed by atoms with Gasteiger partial charge in [0.1, 0.15) is 5.82 Å². The molecule has 0 radical (unpaired) electrons. The van der Waals surface area contributed by atoms with Gasteiger partial charge in [0.25, 0.3) is 5.91 Å². The van der Waals surface area contributed by atoms with Crippen LogP contribution < -0.4 is 0 Å². The number of amides is 1. The Morgan fingerprint density at radius 3 is 2.96 bits per heavy atom. The third-order valence-corrected chi connectivity index (χ3v) is 5.36. The van der Waals surface area contributed by atoms with Crippen molar-refractivity contribution in [3.8, 4) is 17.9 Å². The van der Waals surface area contributed by atoms with Crippen LogP contribution >= 0.6 is 0 Å². The molecule has 2 atom stereocenters. The smallest absolute Gasteiger partial charge is 0.254 e. The minimum absolute atomic E-state index is 0.299. The number of nitrogens with zero attached hydrogens (tertiary/aromatic N) is 4. The standard InChI is InChI=1S/C22H16N4O/c1-3-5-14-6-4-7-15-20(14)18-11-19(25(2)22(15)27)21-24-16-9-8-13(12-23)10-17(16)26(18)21/h4,6-10,18-19H,11H2,1-2H3/t18-,19-/m1/s1/i2D3. The molecule has 2 aromatic carbocycles. The van der Waals surface area contributed by atoms with Gasteiger partial charge >= 0.3 is 0 Å². The molecule has 0 saturated heterocycles. The number of benzene rings is 2. The quantitative estimate of drug-likeness (QED) is 0.581. The van der Waals surface area contributed by atoms with Gasteiger partial charge in [-0.2, -0.15) is 5.26 Å². The van der Waals surface area contributed by atoms with Crippen LogP contribution in [0.3, 0.4) is 0 Å². The molecule has 2 bridgehead atoms. The number of fused-ring (bicyclic) bond motifs is 9. The lowest BCUT2D eigenvalue weighted by Gasteiger charge is -2.24. The SMILES string of the molecule is [2H]C([2H])([2H])N1C(=O)c2cccc(C#CC)c2[C@H]2C[C@@H]1c1nc3ccc(C#N)cc3n12. The number of aromatic nitrogens is 2. The first-order valence-corrected chi connectivity index (χ1v) is 8.66. The van der Waals surface area contributed by atoms with E-state index in [2.05, 4.69) is 22.9 Å². The molecular formula is C22H16N4O. The van der Waals surface area contributed by atoms with Crippen molar-refractivity contribution in [2.24, 2.45) is 0 Å². The molecule has 1 amide bonds. The first kappa shape index (κ1) is 12.7. The Hall–Kier alpha value is -3.57. The van der Waals surface area contributed by atoms with Crippen LogP contribution in [0.15, 0.2) is 36.4 Å². The van der Waals surface area contributed by atoms with Gasteiger partial charge in [0.05, 0.1) is 34.7 Å². The van der Waals surface area contributed by atoms with Gasteiger partial charge in [-0.15, -0.1) is 5.92 Å². The van der Waals surface area contributed by atoms with Crippen molar-refractivity contribution in [3.63, 3.8) is 0 Å². The molecule has 0 spiro atoms. The molecule has 0 fully saturated rings. The summed E-state index contributed by atoms with van der Waals surface area (Å²) in [5, 5.41) is 9.35. The predicted octanol–water partition coefficient (Wildman–Crippen LogP) is 3.40. The summed E-state index contributed by atoms with van der Waals surface area (Å²) in [4.78, 5) is 19.0. The lowest BCUT2D eigenvalue weighted by atomic mass is 9.93. The van der Waals surface area contributed by atoms with Gasteiger partial charge in [-0.25, -0.2) is 4.98 Å².